The van der Waals surface area contributed by atoms with E-state index < -0.39 is 0 Å². The summed E-state index contributed by atoms with van der Waals surface area (Å²) in [4.78, 5) is 38.2. The molecule has 1 aliphatic rings. The zero-order valence-corrected chi connectivity index (χ0v) is 18.8. The molecule has 0 saturated heterocycles. The molecule has 9 nitrogen and oxygen atoms in total. The number of hydrogen-bond donors (Lipinski definition) is 1. The molecule has 4 aromatic heterocycles. The largest absolute Gasteiger partial charge is 0.333 e. The number of nitrogens with zero attached hydrogens (tertiary/aromatic N) is 6. The van der Waals surface area contributed by atoms with Crippen molar-refractivity contribution in [3.8, 4) is 17.2 Å². The second-order valence-corrected chi connectivity index (χ2v) is 9.45. The van der Waals surface area contributed by atoms with E-state index in [9.17, 15) is 9.59 Å². The minimum absolute atomic E-state index is 0.00210. The highest BCUT2D eigenvalue weighted by atomic mass is 16.2. The highest BCUT2D eigenvalue weighted by Gasteiger charge is 2.30. The molecule has 0 amide bonds. The molecule has 1 fully saturated rings. The Morgan fingerprint density at radius 2 is 1.94 bits per heavy atom. The third kappa shape index (κ3) is 3.37. The Hall–Kier alpha value is -3.49. The maximum Gasteiger partial charge on any atom is 0.333 e. The summed E-state index contributed by atoms with van der Waals surface area (Å²) in [5.74, 6) is 1.21. The molecular formula is C23H27N7O2. The predicted molar refractivity (Wildman–Crippen MR) is 122 cm³/mol. The van der Waals surface area contributed by atoms with Gasteiger partial charge in [0.2, 0.25) is 0 Å². The van der Waals surface area contributed by atoms with Crippen LogP contribution in [0.15, 0.2) is 40.3 Å². The quantitative estimate of drug-likeness (QED) is 0.521. The normalized spacial score (nSPS) is 14.4. The van der Waals surface area contributed by atoms with Gasteiger partial charge in [-0.1, -0.05) is 27.7 Å². The van der Waals surface area contributed by atoms with Gasteiger partial charge in [-0.3, -0.25) is 13.9 Å². The first-order valence-corrected chi connectivity index (χ1v) is 11.0. The lowest BCUT2D eigenvalue weighted by atomic mass is 9.90. The van der Waals surface area contributed by atoms with Gasteiger partial charge in [0.05, 0.1) is 6.20 Å². The Balaban J connectivity index is 1.56. The molecule has 0 unspecified atom stereocenters. The first-order valence-electron chi connectivity index (χ1n) is 11.0. The zero-order chi connectivity index (χ0) is 22.6. The molecule has 5 rings (SSSR count). The molecule has 0 aliphatic heterocycles. The maximum absolute atomic E-state index is 13.0. The molecule has 0 bridgehead atoms. The van der Waals surface area contributed by atoms with Crippen LogP contribution in [0.1, 0.15) is 58.6 Å². The van der Waals surface area contributed by atoms with Crippen LogP contribution in [-0.2, 0) is 12.0 Å². The Bertz CT molecular complexity index is 1410. The lowest BCUT2D eigenvalue weighted by Crippen LogP contribution is -2.39. The van der Waals surface area contributed by atoms with E-state index in [1.807, 2.05) is 31.5 Å². The van der Waals surface area contributed by atoms with Crippen LogP contribution in [0, 0.1) is 0 Å². The first kappa shape index (κ1) is 20.4. The highest BCUT2D eigenvalue weighted by molar-refractivity contribution is 5.75. The highest BCUT2D eigenvalue weighted by Crippen LogP contribution is 2.32. The number of aromatic nitrogens is 7. The fraction of sp³-hybridized carbons (Fsp3) is 0.435. The monoisotopic (exact) mass is 433 g/mol. The molecule has 1 aliphatic carbocycles. The Kier molecular flexibility index (Phi) is 4.65. The van der Waals surface area contributed by atoms with Crippen LogP contribution in [0.5, 0.6) is 0 Å². The zero-order valence-electron chi connectivity index (χ0n) is 18.8. The number of pyridine rings is 1. The summed E-state index contributed by atoms with van der Waals surface area (Å²) in [5.41, 5.74) is 2.07. The summed E-state index contributed by atoms with van der Waals surface area (Å²) in [6.45, 7) is 8.94. The molecule has 0 atom stereocenters. The summed E-state index contributed by atoms with van der Waals surface area (Å²) in [5, 5.41) is 4.42. The molecule has 166 valence electrons. The van der Waals surface area contributed by atoms with Gasteiger partial charge in [0.15, 0.2) is 11.5 Å². The first-order chi connectivity index (χ1) is 15.3. The van der Waals surface area contributed by atoms with E-state index in [1.54, 1.807) is 15.4 Å². The van der Waals surface area contributed by atoms with Crippen LogP contribution in [0.2, 0.25) is 0 Å². The number of imidazole rings is 1. The molecule has 9 heteroatoms. The van der Waals surface area contributed by atoms with Crippen molar-refractivity contribution in [1.29, 1.82) is 0 Å². The van der Waals surface area contributed by atoms with Gasteiger partial charge in [-0.15, -0.1) is 0 Å². The average Bonchev–Trinajstić information content (AvgIpc) is 3.27. The Morgan fingerprint density at radius 1 is 1.16 bits per heavy atom. The van der Waals surface area contributed by atoms with Gasteiger partial charge < -0.3 is 4.98 Å². The fourth-order valence-corrected chi connectivity index (χ4v) is 3.85. The summed E-state index contributed by atoms with van der Waals surface area (Å²) < 4.78 is 4.73. The van der Waals surface area contributed by atoms with E-state index in [4.69, 9.17) is 0 Å². The van der Waals surface area contributed by atoms with Crippen molar-refractivity contribution in [2.75, 3.05) is 0 Å². The van der Waals surface area contributed by atoms with Crippen molar-refractivity contribution in [3.63, 3.8) is 0 Å². The molecule has 0 aromatic carbocycles. The van der Waals surface area contributed by atoms with E-state index in [-0.39, 0.29) is 22.7 Å². The third-order valence-corrected chi connectivity index (χ3v) is 5.87. The van der Waals surface area contributed by atoms with Gasteiger partial charge in [-0.2, -0.15) is 5.10 Å². The molecule has 0 spiro atoms. The van der Waals surface area contributed by atoms with Crippen molar-refractivity contribution in [2.45, 2.75) is 65.0 Å². The smallest absolute Gasteiger partial charge is 0.332 e. The summed E-state index contributed by atoms with van der Waals surface area (Å²) in [6.07, 6.45) is 8.04. The van der Waals surface area contributed by atoms with Crippen molar-refractivity contribution in [3.05, 3.63) is 57.1 Å². The topological polar surface area (TPSA) is 103 Å². The van der Waals surface area contributed by atoms with E-state index in [0.29, 0.717) is 29.4 Å². The third-order valence-electron chi connectivity index (χ3n) is 5.87. The van der Waals surface area contributed by atoms with Crippen LogP contribution in [-0.4, -0.2) is 33.9 Å². The lowest BCUT2D eigenvalue weighted by molar-refractivity contribution is 0.571. The van der Waals surface area contributed by atoms with Crippen molar-refractivity contribution in [2.24, 2.45) is 0 Å². The summed E-state index contributed by atoms with van der Waals surface area (Å²) in [7, 11) is 0. The van der Waals surface area contributed by atoms with Gasteiger partial charge in [-0.25, -0.2) is 19.4 Å². The Labute approximate surface area is 184 Å². The standard InChI is InChI=1S/C23H27N7O2/c1-5-10-28-20-18(21(31)30(22(28)32)16-7-8-16)26-19(27-20)14-6-9-17(24-11-14)29-13-15(12-25-29)23(2,3)4/h6,9,11-13,16H,5,7-8,10H2,1-4H3,(H,26,27). The summed E-state index contributed by atoms with van der Waals surface area (Å²) in [6, 6.07) is 3.76. The number of aromatic amines is 1. The number of aryl methyl sites for hydroxylation is 1. The Morgan fingerprint density at radius 3 is 2.53 bits per heavy atom. The van der Waals surface area contributed by atoms with Gasteiger partial charge in [0, 0.05) is 30.5 Å². The molecule has 4 heterocycles. The number of rotatable bonds is 5. The number of H-pyrrole nitrogens is 1. The molecule has 1 N–H and O–H groups in total. The van der Waals surface area contributed by atoms with Gasteiger partial charge in [-0.05, 0) is 42.4 Å². The van der Waals surface area contributed by atoms with Gasteiger partial charge in [0.25, 0.3) is 5.56 Å². The summed E-state index contributed by atoms with van der Waals surface area (Å²) >= 11 is 0. The average molecular weight is 434 g/mol. The van der Waals surface area contributed by atoms with Crippen molar-refractivity contribution in [1.82, 2.24) is 33.9 Å². The minimum Gasteiger partial charge on any atom is -0.332 e. The number of nitrogens with one attached hydrogen (secondary N) is 1. The van der Waals surface area contributed by atoms with Gasteiger partial charge in [0.1, 0.15) is 11.3 Å². The van der Waals surface area contributed by atoms with Gasteiger partial charge >= 0.3 is 5.69 Å². The molecule has 4 aromatic rings. The van der Waals surface area contributed by atoms with Crippen LogP contribution < -0.4 is 11.2 Å². The van der Waals surface area contributed by atoms with Crippen LogP contribution in [0.25, 0.3) is 28.4 Å². The minimum atomic E-state index is -0.297. The molecular weight excluding hydrogens is 406 g/mol. The molecule has 32 heavy (non-hydrogen) atoms. The van der Waals surface area contributed by atoms with E-state index >= 15 is 0 Å². The van der Waals surface area contributed by atoms with E-state index in [0.717, 1.165) is 30.4 Å². The van der Waals surface area contributed by atoms with Crippen molar-refractivity contribution < 1.29 is 0 Å². The second-order valence-electron chi connectivity index (χ2n) is 9.45. The van der Waals surface area contributed by atoms with Crippen LogP contribution in [0.3, 0.4) is 0 Å². The van der Waals surface area contributed by atoms with Crippen molar-refractivity contribution >= 4 is 11.2 Å². The van der Waals surface area contributed by atoms with E-state index in [1.165, 1.54) is 4.57 Å². The molecule has 0 radical (unpaired) electrons. The number of fused-ring (bicyclic) bond motifs is 1. The van der Waals surface area contributed by atoms with Crippen LogP contribution >= 0.6 is 0 Å². The van der Waals surface area contributed by atoms with E-state index in [2.05, 4.69) is 40.8 Å². The fourth-order valence-electron chi connectivity index (χ4n) is 3.85. The predicted octanol–water partition coefficient (Wildman–Crippen LogP) is 3.18. The number of hydrogen-bond acceptors (Lipinski definition) is 5. The second kappa shape index (κ2) is 7.29. The van der Waals surface area contributed by atoms with Crippen LogP contribution in [0.4, 0.5) is 0 Å². The SMILES string of the molecule is CCCn1c(=O)n(C2CC2)c(=O)c2[nH]c(-c3ccc(-n4cc(C(C)(C)C)cn4)nc3)nc21. The lowest BCUT2D eigenvalue weighted by Gasteiger charge is -2.14. The maximum atomic E-state index is 13.0. The molecule has 1 saturated carbocycles.